The zero-order valence-electron chi connectivity index (χ0n) is 14.5. The lowest BCUT2D eigenvalue weighted by molar-refractivity contribution is -0.133. The van der Waals surface area contributed by atoms with Crippen molar-refractivity contribution in [3.63, 3.8) is 0 Å². The average Bonchev–Trinajstić information content (AvgIpc) is 2.68. The summed E-state index contributed by atoms with van der Waals surface area (Å²) < 4.78 is 5.24. The predicted octanol–water partition coefficient (Wildman–Crippen LogP) is 1.76. The van der Waals surface area contributed by atoms with Gasteiger partial charge in [0.05, 0.1) is 12.2 Å². The number of benzene rings is 2. The summed E-state index contributed by atoms with van der Waals surface area (Å²) in [4.78, 5) is 30.5. The van der Waals surface area contributed by atoms with E-state index in [4.69, 9.17) is 4.74 Å². The van der Waals surface area contributed by atoms with E-state index in [1.54, 1.807) is 11.0 Å². The molecule has 6 heteroatoms. The third-order valence-electron chi connectivity index (χ3n) is 4.83. The van der Waals surface area contributed by atoms with Gasteiger partial charge in [0, 0.05) is 31.9 Å². The molecule has 2 aliphatic rings. The molecule has 2 aliphatic heterocycles. The molecule has 1 amide bonds. The third-order valence-corrected chi connectivity index (χ3v) is 4.83. The Morgan fingerprint density at radius 1 is 0.923 bits per heavy atom. The molecule has 2 heterocycles. The molecule has 6 nitrogen and oxygen atoms in total. The van der Waals surface area contributed by atoms with E-state index in [1.807, 2.05) is 41.3 Å². The number of carbonyl (C=O) groups is 2. The summed E-state index contributed by atoms with van der Waals surface area (Å²) in [5.74, 6) is 0.234. The summed E-state index contributed by atoms with van der Waals surface area (Å²) in [6.45, 7) is 3.30. The van der Waals surface area contributed by atoms with Crippen LogP contribution < -0.4 is 14.5 Å². The first-order chi connectivity index (χ1) is 12.7. The van der Waals surface area contributed by atoms with Crippen molar-refractivity contribution in [3.8, 4) is 5.75 Å². The van der Waals surface area contributed by atoms with Gasteiger partial charge >= 0.3 is 5.97 Å². The van der Waals surface area contributed by atoms with E-state index in [-0.39, 0.29) is 25.0 Å². The number of nitrogens with zero attached hydrogens (tertiary/aromatic N) is 3. The second kappa shape index (κ2) is 7.07. The molecule has 0 radical (unpaired) electrons. The summed E-state index contributed by atoms with van der Waals surface area (Å²) in [6.07, 6.45) is 0. The number of esters is 1. The van der Waals surface area contributed by atoms with Gasteiger partial charge < -0.3 is 19.4 Å². The number of carbonyl (C=O) groups excluding carboxylic acids is 2. The Kier molecular flexibility index (Phi) is 4.48. The number of hydrogen-bond acceptors (Lipinski definition) is 5. The molecule has 26 heavy (non-hydrogen) atoms. The predicted molar refractivity (Wildman–Crippen MR) is 99.5 cm³/mol. The Morgan fingerprint density at radius 3 is 2.38 bits per heavy atom. The molecule has 0 atom stereocenters. The summed E-state index contributed by atoms with van der Waals surface area (Å²) in [5, 5.41) is 0. The van der Waals surface area contributed by atoms with E-state index in [0.29, 0.717) is 18.8 Å². The fourth-order valence-corrected chi connectivity index (χ4v) is 3.46. The fraction of sp³-hybridized carbons (Fsp3) is 0.300. The third kappa shape index (κ3) is 3.35. The maximum atomic E-state index is 12.7. The van der Waals surface area contributed by atoms with Crippen LogP contribution >= 0.6 is 0 Å². The van der Waals surface area contributed by atoms with Crippen LogP contribution in [0.1, 0.15) is 0 Å². The van der Waals surface area contributed by atoms with Gasteiger partial charge in [-0.3, -0.25) is 4.79 Å². The van der Waals surface area contributed by atoms with Crippen molar-refractivity contribution in [3.05, 3.63) is 54.6 Å². The molecule has 134 valence electrons. The van der Waals surface area contributed by atoms with E-state index in [1.165, 1.54) is 5.69 Å². The van der Waals surface area contributed by atoms with Gasteiger partial charge in [-0.25, -0.2) is 4.79 Å². The van der Waals surface area contributed by atoms with Gasteiger partial charge in [-0.05, 0) is 24.3 Å². The quantitative estimate of drug-likeness (QED) is 0.623. The smallest absolute Gasteiger partial charge is 0.331 e. The lowest BCUT2D eigenvalue weighted by Gasteiger charge is -2.37. The van der Waals surface area contributed by atoms with E-state index < -0.39 is 0 Å². The second-order valence-electron chi connectivity index (χ2n) is 6.50. The zero-order chi connectivity index (χ0) is 17.9. The molecule has 0 unspecified atom stereocenters. The van der Waals surface area contributed by atoms with E-state index in [9.17, 15) is 9.59 Å². The van der Waals surface area contributed by atoms with Crippen LogP contribution in [-0.4, -0.2) is 56.0 Å². The van der Waals surface area contributed by atoms with Crippen LogP contribution in [0.5, 0.6) is 5.75 Å². The van der Waals surface area contributed by atoms with Gasteiger partial charge in [-0.2, -0.15) is 0 Å². The molecular weight excluding hydrogens is 330 g/mol. The fourth-order valence-electron chi connectivity index (χ4n) is 3.46. The Bertz CT molecular complexity index is 801. The number of anilines is 2. The SMILES string of the molecule is O=C1CN(CC(=O)N2CCN(c3ccccc3)CC2)c2ccccc2O1. The van der Waals surface area contributed by atoms with Gasteiger partial charge in [0.25, 0.3) is 0 Å². The second-order valence-corrected chi connectivity index (χ2v) is 6.50. The number of hydrogen-bond donors (Lipinski definition) is 0. The molecular formula is C20H21N3O3. The van der Waals surface area contributed by atoms with Gasteiger partial charge in [0.1, 0.15) is 6.54 Å². The van der Waals surface area contributed by atoms with Crippen LogP contribution in [0, 0.1) is 0 Å². The zero-order valence-corrected chi connectivity index (χ0v) is 14.5. The Labute approximate surface area is 152 Å². The molecule has 0 N–H and O–H groups in total. The van der Waals surface area contributed by atoms with Crippen LogP contribution in [0.4, 0.5) is 11.4 Å². The van der Waals surface area contributed by atoms with Crippen molar-refractivity contribution in [1.82, 2.24) is 4.90 Å². The topological polar surface area (TPSA) is 53.1 Å². The molecule has 0 aromatic heterocycles. The maximum absolute atomic E-state index is 12.7. The van der Waals surface area contributed by atoms with Gasteiger partial charge in [-0.1, -0.05) is 30.3 Å². The molecule has 1 fully saturated rings. The summed E-state index contributed by atoms with van der Waals surface area (Å²) >= 11 is 0. The number of rotatable bonds is 3. The lowest BCUT2D eigenvalue weighted by Crippen LogP contribution is -2.52. The van der Waals surface area contributed by atoms with Crippen molar-refractivity contribution >= 4 is 23.3 Å². The van der Waals surface area contributed by atoms with Crippen molar-refractivity contribution in [2.45, 2.75) is 0 Å². The highest BCUT2D eigenvalue weighted by Crippen LogP contribution is 2.31. The van der Waals surface area contributed by atoms with Gasteiger partial charge in [0.2, 0.25) is 5.91 Å². The van der Waals surface area contributed by atoms with Crippen LogP contribution in [0.3, 0.4) is 0 Å². The lowest BCUT2D eigenvalue weighted by atomic mass is 10.2. The molecule has 1 saturated heterocycles. The van der Waals surface area contributed by atoms with E-state index >= 15 is 0 Å². The monoisotopic (exact) mass is 351 g/mol. The first-order valence-corrected chi connectivity index (χ1v) is 8.83. The number of amides is 1. The van der Waals surface area contributed by atoms with Crippen LogP contribution in [0.25, 0.3) is 0 Å². The average molecular weight is 351 g/mol. The van der Waals surface area contributed by atoms with Crippen LogP contribution in [0.2, 0.25) is 0 Å². The largest absolute Gasteiger partial charge is 0.423 e. The first-order valence-electron chi connectivity index (χ1n) is 8.83. The number of piperazine rings is 1. The number of ether oxygens (including phenoxy) is 1. The van der Waals surface area contributed by atoms with Gasteiger partial charge in [-0.15, -0.1) is 0 Å². The Hall–Kier alpha value is -3.02. The number of para-hydroxylation sites is 3. The summed E-state index contributed by atoms with van der Waals surface area (Å²) in [7, 11) is 0. The van der Waals surface area contributed by atoms with E-state index in [0.717, 1.165) is 18.8 Å². The van der Waals surface area contributed by atoms with Crippen molar-refractivity contribution in [2.75, 3.05) is 49.1 Å². The Balaban J connectivity index is 1.38. The molecule has 4 rings (SSSR count). The summed E-state index contributed by atoms with van der Waals surface area (Å²) in [6, 6.07) is 17.6. The number of fused-ring (bicyclic) bond motifs is 1. The highest BCUT2D eigenvalue weighted by molar-refractivity contribution is 5.89. The van der Waals surface area contributed by atoms with Gasteiger partial charge in [0.15, 0.2) is 5.75 Å². The summed E-state index contributed by atoms with van der Waals surface area (Å²) in [5.41, 5.74) is 1.98. The maximum Gasteiger partial charge on any atom is 0.331 e. The van der Waals surface area contributed by atoms with Crippen molar-refractivity contribution < 1.29 is 14.3 Å². The minimum Gasteiger partial charge on any atom is -0.423 e. The molecule has 0 saturated carbocycles. The highest BCUT2D eigenvalue weighted by atomic mass is 16.5. The van der Waals surface area contributed by atoms with Crippen molar-refractivity contribution in [1.29, 1.82) is 0 Å². The highest BCUT2D eigenvalue weighted by Gasteiger charge is 2.28. The minimum atomic E-state index is -0.328. The molecule has 2 aromatic rings. The molecule has 2 aromatic carbocycles. The molecule has 0 aliphatic carbocycles. The molecule has 0 spiro atoms. The molecule has 0 bridgehead atoms. The van der Waals surface area contributed by atoms with Crippen molar-refractivity contribution in [2.24, 2.45) is 0 Å². The standard InChI is InChI=1S/C20H21N3O3/c24-19(14-23-15-20(25)26-18-9-5-4-8-17(18)23)22-12-10-21(11-13-22)16-6-2-1-3-7-16/h1-9H,10-15H2. The first kappa shape index (κ1) is 16.4. The van der Waals surface area contributed by atoms with Crippen LogP contribution in [0.15, 0.2) is 54.6 Å². The minimum absolute atomic E-state index is 0.0437. The Morgan fingerprint density at radius 2 is 1.62 bits per heavy atom. The van der Waals surface area contributed by atoms with E-state index in [2.05, 4.69) is 17.0 Å². The van der Waals surface area contributed by atoms with Crippen LogP contribution in [-0.2, 0) is 9.59 Å². The normalized spacial score (nSPS) is 16.9.